The lowest BCUT2D eigenvalue weighted by Gasteiger charge is -2.32. The first-order valence-corrected chi connectivity index (χ1v) is 9.64. The summed E-state index contributed by atoms with van der Waals surface area (Å²) in [5, 5.41) is 3.17. The lowest BCUT2D eigenvalue weighted by Crippen LogP contribution is -2.38. The quantitative estimate of drug-likeness (QED) is 0.677. The van der Waals surface area contributed by atoms with Gasteiger partial charge in [-0.25, -0.2) is 9.97 Å². The molecule has 7 heteroatoms. The number of pyridine rings is 2. The second-order valence-electron chi connectivity index (χ2n) is 6.93. The van der Waals surface area contributed by atoms with Gasteiger partial charge in [-0.3, -0.25) is 14.8 Å². The van der Waals surface area contributed by atoms with Gasteiger partial charge in [-0.05, 0) is 48.2 Å². The maximum atomic E-state index is 12.6. The van der Waals surface area contributed by atoms with E-state index < -0.39 is 0 Å². The van der Waals surface area contributed by atoms with Gasteiger partial charge in [0, 0.05) is 56.1 Å². The summed E-state index contributed by atoms with van der Waals surface area (Å²) in [6, 6.07) is 7.83. The van der Waals surface area contributed by atoms with Gasteiger partial charge in [-0.1, -0.05) is 6.07 Å². The molecule has 1 aliphatic rings. The Morgan fingerprint density at radius 3 is 2.79 bits per heavy atom. The zero-order valence-corrected chi connectivity index (χ0v) is 16.0. The molecule has 0 spiro atoms. The third kappa shape index (κ3) is 5.01. The molecule has 3 aromatic heterocycles. The van der Waals surface area contributed by atoms with Crippen LogP contribution in [-0.4, -0.2) is 43.8 Å². The maximum Gasteiger partial charge on any atom is 0.246 e. The van der Waals surface area contributed by atoms with E-state index in [2.05, 4.69) is 25.3 Å². The summed E-state index contributed by atoms with van der Waals surface area (Å²) >= 11 is 0. The molecule has 0 radical (unpaired) electrons. The normalized spacial score (nSPS) is 16.7. The highest BCUT2D eigenvalue weighted by Gasteiger charge is 2.24. The Labute approximate surface area is 169 Å². The van der Waals surface area contributed by atoms with Crippen molar-refractivity contribution in [2.24, 2.45) is 0 Å². The molecule has 0 bridgehead atoms. The fourth-order valence-electron chi connectivity index (χ4n) is 3.46. The second-order valence-corrected chi connectivity index (χ2v) is 6.93. The predicted molar refractivity (Wildman–Crippen MR) is 111 cm³/mol. The Morgan fingerprint density at radius 1 is 1.07 bits per heavy atom. The zero-order chi connectivity index (χ0) is 19.9. The van der Waals surface area contributed by atoms with Crippen LogP contribution in [0.15, 0.2) is 67.5 Å². The molecule has 1 atom stereocenters. The lowest BCUT2D eigenvalue weighted by molar-refractivity contribution is -0.127. The van der Waals surface area contributed by atoms with Crippen molar-refractivity contribution in [3.05, 3.63) is 78.6 Å². The van der Waals surface area contributed by atoms with Crippen LogP contribution >= 0.6 is 0 Å². The van der Waals surface area contributed by atoms with Crippen LogP contribution in [0.4, 0.5) is 11.6 Å². The van der Waals surface area contributed by atoms with Gasteiger partial charge in [0.1, 0.15) is 11.6 Å². The molecule has 4 heterocycles. The van der Waals surface area contributed by atoms with Gasteiger partial charge in [-0.15, -0.1) is 0 Å². The molecular formula is C22H22N6O. The molecule has 1 N–H and O–H groups in total. The number of likely N-dealkylation sites (tertiary alicyclic amines) is 1. The number of hydrogen-bond donors (Lipinski definition) is 1. The van der Waals surface area contributed by atoms with Crippen molar-refractivity contribution in [2.45, 2.75) is 18.8 Å². The molecule has 0 aliphatic carbocycles. The number of nitrogens with one attached hydrogen (secondary N) is 1. The van der Waals surface area contributed by atoms with Crippen LogP contribution in [0.3, 0.4) is 0 Å². The number of aromatic nitrogens is 4. The number of anilines is 2. The van der Waals surface area contributed by atoms with Crippen molar-refractivity contribution in [1.82, 2.24) is 24.8 Å². The fourth-order valence-corrected chi connectivity index (χ4v) is 3.46. The Hall–Kier alpha value is -3.61. The zero-order valence-electron chi connectivity index (χ0n) is 16.0. The molecule has 146 valence electrons. The van der Waals surface area contributed by atoms with Crippen molar-refractivity contribution in [2.75, 3.05) is 18.4 Å². The Bertz CT molecular complexity index is 977. The van der Waals surface area contributed by atoms with Crippen LogP contribution in [0.1, 0.15) is 29.9 Å². The minimum absolute atomic E-state index is 0.0329. The molecule has 1 fully saturated rings. The monoisotopic (exact) mass is 386 g/mol. The Kier molecular flexibility index (Phi) is 5.85. The third-order valence-electron chi connectivity index (χ3n) is 4.91. The molecule has 0 unspecified atom stereocenters. The van der Waals surface area contributed by atoms with Crippen molar-refractivity contribution in [1.29, 1.82) is 0 Å². The summed E-state index contributed by atoms with van der Waals surface area (Å²) in [5.41, 5.74) is 2.09. The van der Waals surface area contributed by atoms with Gasteiger partial charge >= 0.3 is 0 Å². The van der Waals surface area contributed by atoms with Gasteiger partial charge in [0.05, 0.1) is 6.20 Å². The summed E-state index contributed by atoms with van der Waals surface area (Å²) < 4.78 is 0. The summed E-state index contributed by atoms with van der Waals surface area (Å²) in [6.45, 7) is 1.48. The van der Waals surface area contributed by atoms with E-state index in [4.69, 9.17) is 0 Å². The van der Waals surface area contributed by atoms with E-state index >= 15 is 0 Å². The summed E-state index contributed by atoms with van der Waals surface area (Å²) in [4.78, 5) is 31.3. The van der Waals surface area contributed by atoms with Crippen LogP contribution in [0.25, 0.3) is 6.08 Å². The number of carbonyl (C=O) groups is 1. The summed E-state index contributed by atoms with van der Waals surface area (Å²) in [7, 11) is 0. The minimum atomic E-state index is 0.0329. The van der Waals surface area contributed by atoms with Crippen LogP contribution in [0, 0.1) is 0 Å². The number of hydrogen-bond acceptors (Lipinski definition) is 6. The molecule has 0 saturated carbocycles. The van der Waals surface area contributed by atoms with Gasteiger partial charge < -0.3 is 10.2 Å². The standard InChI is InChI=1S/C22H22N6O/c29-22(6-5-17-3-1-8-23-14-17)28-12-2-4-19(16-28)18-7-9-25-20(13-18)27-21-15-24-10-11-26-21/h1,3,5-11,13-15,19H,2,4,12,16H2,(H,25,26,27)/b6-5+/t19-/m0/s1. The first-order chi connectivity index (χ1) is 14.3. The average molecular weight is 386 g/mol. The highest BCUT2D eigenvalue weighted by molar-refractivity contribution is 5.91. The van der Waals surface area contributed by atoms with Gasteiger partial charge in [0.15, 0.2) is 0 Å². The molecule has 1 saturated heterocycles. The first kappa shape index (κ1) is 18.7. The second kappa shape index (κ2) is 9.05. The molecular weight excluding hydrogens is 364 g/mol. The van der Waals surface area contributed by atoms with Crippen molar-refractivity contribution >= 4 is 23.6 Å². The number of rotatable bonds is 5. The first-order valence-electron chi connectivity index (χ1n) is 9.64. The minimum Gasteiger partial charge on any atom is -0.339 e. The van der Waals surface area contributed by atoms with E-state index in [0.29, 0.717) is 12.4 Å². The molecule has 7 nitrogen and oxygen atoms in total. The van der Waals surface area contributed by atoms with Gasteiger partial charge in [0.25, 0.3) is 0 Å². The highest BCUT2D eigenvalue weighted by Crippen LogP contribution is 2.28. The van der Waals surface area contributed by atoms with E-state index in [0.717, 1.165) is 30.8 Å². The number of carbonyl (C=O) groups excluding carboxylic acids is 1. The molecule has 3 aromatic rings. The number of nitrogens with zero attached hydrogens (tertiary/aromatic N) is 5. The molecule has 1 amide bonds. The van der Waals surface area contributed by atoms with Crippen LogP contribution < -0.4 is 5.32 Å². The van der Waals surface area contributed by atoms with E-state index in [1.165, 1.54) is 5.56 Å². The van der Waals surface area contributed by atoms with Crippen molar-refractivity contribution in [3.8, 4) is 0 Å². The lowest BCUT2D eigenvalue weighted by atomic mass is 9.91. The van der Waals surface area contributed by atoms with Gasteiger partial charge in [0.2, 0.25) is 5.91 Å². The Morgan fingerprint density at radius 2 is 1.97 bits per heavy atom. The highest BCUT2D eigenvalue weighted by atomic mass is 16.2. The van der Waals surface area contributed by atoms with Crippen LogP contribution in [0.2, 0.25) is 0 Å². The van der Waals surface area contributed by atoms with Gasteiger partial charge in [-0.2, -0.15) is 0 Å². The largest absolute Gasteiger partial charge is 0.339 e. The maximum absolute atomic E-state index is 12.6. The molecule has 29 heavy (non-hydrogen) atoms. The van der Waals surface area contributed by atoms with Crippen molar-refractivity contribution < 1.29 is 4.79 Å². The van der Waals surface area contributed by atoms with E-state index in [9.17, 15) is 4.79 Å². The molecule has 1 aliphatic heterocycles. The average Bonchev–Trinajstić information content (AvgIpc) is 2.79. The summed E-state index contributed by atoms with van der Waals surface area (Å²) in [6.07, 6.45) is 15.6. The fraction of sp³-hybridized carbons (Fsp3) is 0.227. The van der Waals surface area contributed by atoms with E-state index in [-0.39, 0.29) is 11.8 Å². The van der Waals surface area contributed by atoms with Crippen molar-refractivity contribution in [3.63, 3.8) is 0 Å². The smallest absolute Gasteiger partial charge is 0.246 e. The van der Waals surface area contributed by atoms with Crippen LogP contribution in [-0.2, 0) is 4.79 Å². The topological polar surface area (TPSA) is 83.9 Å². The number of amides is 1. The van der Waals surface area contributed by atoms with E-state index in [1.54, 1.807) is 43.3 Å². The Balaban J connectivity index is 1.42. The SMILES string of the molecule is O=C(/C=C/c1cccnc1)N1CCC[C@H](c2ccnc(Nc3cnccn3)c2)C1. The summed E-state index contributed by atoms with van der Waals surface area (Å²) in [5.74, 6) is 1.69. The van der Waals surface area contributed by atoms with Crippen LogP contribution in [0.5, 0.6) is 0 Å². The molecule has 4 rings (SSSR count). The predicted octanol–water partition coefficient (Wildman–Crippen LogP) is 3.43. The number of piperidine rings is 1. The van der Waals surface area contributed by atoms with E-state index in [1.807, 2.05) is 35.2 Å². The molecule has 0 aromatic carbocycles. The third-order valence-corrected chi connectivity index (χ3v) is 4.91.